The second kappa shape index (κ2) is 9.10. The summed E-state index contributed by atoms with van der Waals surface area (Å²) in [6, 6.07) is 11.0. The van der Waals surface area contributed by atoms with Crippen LogP contribution in [0.5, 0.6) is 0 Å². The van der Waals surface area contributed by atoms with Crippen LogP contribution in [0.25, 0.3) is 0 Å². The first-order valence-electron chi connectivity index (χ1n) is 7.79. The van der Waals surface area contributed by atoms with Crippen molar-refractivity contribution in [1.29, 1.82) is 0 Å². The van der Waals surface area contributed by atoms with Gasteiger partial charge in [-0.25, -0.2) is 0 Å². The number of benzene rings is 1. The van der Waals surface area contributed by atoms with Gasteiger partial charge in [-0.1, -0.05) is 37.1 Å². The van der Waals surface area contributed by atoms with E-state index in [-0.39, 0.29) is 5.91 Å². The van der Waals surface area contributed by atoms with Crippen molar-refractivity contribution < 1.29 is 4.79 Å². The van der Waals surface area contributed by atoms with Gasteiger partial charge in [0.05, 0.1) is 0 Å². The minimum absolute atomic E-state index is 0.223. The van der Waals surface area contributed by atoms with E-state index in [4.69, 9.17) is 11.6 Å². The minimum Gasteiger partial charge on any atom is -0.369 e. The van der Waals surface area contributed by atoms with Gasteiger partial charge in [-0.15, -0.1) is 10.2 Å². The van der Waals surface area contributed by atoms with E-state index in [2.05, 4.69) is 27.8 Å². The van der Waals surface area contributed by atoms with Gasteiger partial charge in [0.25, 0.3) is 5.91 Å². The highest BCUT2D eigenvalue weighted by Gasteiger charge is 2.07. The number of amides is 1. The van der Waals surface area contributed by atoms with Crippen LogP contribution < -0.4 is 10.6 Å². The second-order valence-electron chi connectivity index (χ2n) is 5.22. The molecule has 23 heavy (non-hydrogen) atoms. The fraction of sp³-hybridized carbons (Fsp3) is 0.353. The number of hydrogen-bond acceptors (Lipinski definition) is 4. The lowest BCUT2D eigenvalue weighted by molar-refractivity contribution is 0.0948. The van der Waals surface area contributed by atoms with Crippen molar-refractivity contribution in [3.05, 3.63) is 52.7 Å². The van der Waals surface area contributed by atoms with Crippen LogP contribution in [0.2, 0.25) is 5.02 Å². The summed E-state index contributed by atoms with van der Waals surface area (Å²) in [6.07, 6.45) is 2.91. The number of carbonyl (C=O) groups is 1. The number of unbranched alkanes of at least 4 members (excludes halogenated alkanes) is 1. The van der Waals surface area contributed by atoms with Crippen molar-refractivity contribution in [3.63, 3.8) is 0 Å². The van der Waals surface area contributed by atoms with E-state index in [9.17, 15) is 4.79 Å². The predicted molar refractivity (Wildman–Crippen MR) is 92.9 cm³/mol. The van der Waals surface area contributed by atoms with Gasteiger partial charge in [-0.3, -0.25) is 4.79 Å². The highest BCUT2D eigenvalue weighted by atomic mass is 35.5. The van der Waals surface area contributed by atoms with Gasteiger partial charge >= 0.3 is 0 Å². The third kappa shape index (κ3) is 5.87. The smallest absolute Gasteiger partial charge is 0.271 e. The summed E-state index contributed by atoms with van der Waals surface area (Å²) >= 11 is 5.93. The zero-order valence-electron chi connectivity index (χ0n) is 13.2. The van der Waals surface area contributed by atoms with Gasteiger partial charge < -0.3 is 10.6 Å². The Bertz CT molecular complexity index is 631. The topological polar surface area (TPSA) is 66.9 Å². The molecule has 0 saturated heterocycles. The molecule has 0 aliphatic heterocycles. The maximum absolute atomic E-state index is 12.0. The van der Waals surface area contributed by atoms with Gasteiger partial charge in [0.15, 0.2) is 5.69 Å². The molecule has 0 saturated carbocycles. The summed E-state index contributed by atoms with van der Waals surface area (Å²) in [5.41, 5.74) is 1.40. The van der Waals surface area contributed by atoms with Crippen molar-refractivity contribution in [2.75, 3.05) is 18.4 Å². The van der Waals surface area contributed by atoms with Crippen molar-refractivity contribution in [1.82, 2.24) is 15.5 Å². The van der Waals surface area contributed by atoms with Crippen LogP contribution in [0.3, 0.4) is 0 Å². The Morgan fingerprint density at radius 1 is 1.17 bits per heavy atom. The molecule has 0 atom stereocenters. The number of aromatic nitrogens is 2. The van der Waals surface area contributed by atoms with Crippen LogP contribution in [0.15, 0.2) is 36.4 Å². The maximum atomic E-state index is 12.0. The van der Waals surface area contributed by atoms with E-state index in [1.165, 1.54) is 0 Å². The molecule has 122 valence electrons. The molecule has 1 aromatic carbocycles. The Labute approximate surface area is 141 Å². The Balaban J connectivity index is 1.79. The summed E-state index contributed by atoms with van der Waals surface area (Å²) < 4.78 is 0. The van der Waals surface area contributed by atoms with Crippen LogP contribution in [-0.2, 0) is 6.42 Å². The van der Waals surface area contributed by atoms with Gasteiger partial charge in [-0.05, 0) is 42.7 Å². The standard InChI is InChI=1S/C17H21ClN4O/c1-2-3-10-19-16-8-7-15(21-22-16)17(23)20-11-9-13-5-4-6-14(18)12-13/h4-8,12H,2-3,9-11H2,1H3,(H,19,22)(H,20,23). The molecule has 6 heteroatoms. The van der Waals surface area contributed by atoms with Crippen LogP contribution >= 0.6 is 11.6 Å². The molecule has 2 rings (SSSR count). The maximum Gasteiger partial charge on any atom is 0.271 e. The van der Waals surface area contributed by atoms with Crippen molar-refractivity contribution in [2.45, 2.75) is 26.2 Å². The first-order valence-corrected chi connectivity index (χ1v) is 8.17. The zero-order chi connectivity index (χ0) is 16.5. The van der Waals surface area contributed by atoms with Crippen LogP contribution in [0.4, 0.5) is 5.82 Å². The molecule has 0 aliphatic rings. The molecule has 2 N–H and O–H groups in total. The quantitative estimate of drug-likeness (QED) is 0.728. The second-order valence-corrected chi connectivity index (χ2v) is 5.66. The number of halogens is 1. The van der Waals surface area contributed by atoms with E-state index in [0.717, 1.165) is 31.4 Å². The lowest BCUT2D eigenvalue weighted by Gasteiger charge is -2.06. The average molecular weight is 333 g/mol. The van der Waals surface area contributed by atoms with E-state index < -0.39 is 0 Å². The van der Waals surface area contributed by atoms with Gasteiger partial charge in [0.1, 0.15) is 5.82 Å². The number of anilines is 1. The van der Waals surface area contributed by atoms with Crippen LogP contribution in [-0.4, -0.2) is 29.2 Å². The number of hydrogen-bond donors (Lipinski definition) is 2. The monoisotopic (exact) mass is 332 g/mol. The summed E-state index contributed by atoms with van der Waals surface area (Å²) in [5.74, 6) is 0.466. The minimum atomic E-state index is -0.223. The van der Waals surface area contributed by atoms with E-state index >= 15 is 0 Å². The molecule has 1 heterocycles. The van der Waals surface area contributed by atoms with Gasteiger partial charge in [-0.2, -0.15) is 0 Å². The lowest BCUT2D eigenvalue weighted by Crippen LogP contribution is -2.26. The Kier molecular flexibility index (Phi) is 6.81. The molecule has 0 bridgehead atoms. The fourth-order valence-electron chi connectivity index (χ4n) is 2.04. The van der Waals surface area contributed by atoms with E-state index in [1.54, 1.807) is 12.1 Å². The Morgan fingerprint density at radius 2 is 2.04 bits per heavy atom. The Hall–Kier alpha value is -2.14. The number of carbonyl (C=O) groups excluding carboxylic acids is 1. The fourth-order valence-corrected chi connectivity index (χ4v) is 2.26. The molecule has 2 aromatic rings. The molecular formula is C17H21ClN4O. The lowest BCUT2D eigenvalue weighted by atomic mass is 10.1. The summed E-state index contributed by atoms with van der Waals surface area (Å²) in [6.45, 7) is 3.51. The molecule has 0 fully saturated rings. The van der Waals surface area contributed by atoms with E-state index in [1.807, 2.05) is 24.3 Å². The van der Waals surface area contributed by atoms with Crippen molar-refractivity contribution in [2.24, 2.45) is 0 Å². The highest BCUT2D eigenvalue weighted by molar-refractivity contribution is 6.30. The first-order chi connectivity index (χ1) is 11.2. The largest absolute Gasteiger partial charge is 0.369 e. The first kappa shape index (κ1) is 17.2. The molecule has 5 nitrogen and oxygen atoms in total. The summed E-state index contributed by atoms with van der Waals surface area (Å²) in [4.78, 5) is 12.0. The van der Waals surface area contributed by atoms with E-state index in [0.29, 0.717) is 23.1 Å². The molecular weight excluding hydrogens is 312 g/mol. The van der Waals surface area contributed by atoms with Crippen LogP contribution in [0, 0.1) is 0 Å². The normalized spacial score (nSPS) is 10.3. The van der Waals surface area contributed by atoms with Crippen molar-refractivity contribution in [3.8, 4) is 0 Å². The molecule has 1 aromatic heterocycles. The SMILES string of the molecule is CCCCNc1ccc(C(=O)NCCc2cccc(Cl)c2)nn1. The van der Waals surface area contributed by atoms with Crippen molar-refractivity contribution >= 4 is 23.3 Å². The molecule has 0 radical (unpaired) electrons. The summed E-state index contributed by atoms with van der Waals surface area (Å²) in [7, 11) is 0. The highest BCUT2D eigenvalue weighted by Crippen LogP contribution is 2.10. The average Bonchev–Trinajstić information content (AvgIpc) is 2.56. The van der Waals surface area contributed by atoms with Gasteiger partial charge in [0, 0.05) is 18.1 Å². The van der Waals surface area contributed by atoms with Gasteiger partial charge in [0.2, 0.25) is 0 Å². The predicted octanol–water partition coefficient (Wildman–Crippen LogP) is 3.31. The zero-order valence-corrected chi connectivity index (χ0v) is 13.9. The molecule has 0 aliphatic carbocycles. The molecule has 0 unspecified atom stereocenters. The third-order valence-electron chi connectivity index (χ3n) is 3.32. The number of nitrogens with zero attached hydrogens (tertiary/aromatic N) is 2. The number of rotatable bonds is 8. The Morgan fingerprint density at radius 3 is 2.74 bits per heavy atom. The summed E-state index contributed by atoms with van der Waals surface area (Å²) in [5, 5.41) is 14.7. The third-order valence-corrected chi connectivity index (χ3v) is 3.56. The number of nitrogens with one attached hydrogen (secondary N) is 2. The molecule has 1 amide bonds. The molecule has 0 spiro atoms. The van der Waals surface area contributed by atoms with Crippen LogP contribution in [0.1, 0.15) is 35.8 Å².